The van der Waals surface area contributed by atoms with Gasteiger partial charge in [0.15, 0.2) is 0 Å². The number of ether oxygens (including phenoxy) is 1. The Morgan fingerprint density at radius 2 is 2.15 bits per heavy atom. The Morgan fingerprint density at radius 3 is 2.80 bits per heavy atom. The molecule has 0 spiro atoms. The SMILES string of the molecule is CC1(C)CCCN1CCCOc1ccccc1C(=O)O. The van der Waals surface area contributed by atoms with Gasteiger partial charge in [-0.3, -0.25) is 4.90 Å². The number of carbonyl (C=O) groups is 1. The smallest absolute Gasteiger partial charge is 0.339 e. The zero-order chi connectivity index (χ0) is 14.6. The lowest BCUT2D eigenvalue weighted by Crippen LogP contribution is -2.39. The highest BCUT2D eigenvalue weighted by Gasteiger charge is 2.30. The van der Waals surface area contributed by atoms with Crippen LogP contribution in [0.15, 0.2) is 24.3 Å². The molecule has 0 radical (unpaired) electrons. The monoisotopic (exact) mass is 277 g/mol. The molecule has 1 fully saturated rings. The molecule has 1 saturated heterocycles. The fourth-order valence-electron chi connectivity index (χ4n) is 2.78. The van der Waals surface area contributed by atoms with E-state index < -0.39 is 5.97 Å². The number of rotatable bonds is 6. The predicted octanol–water partition coefficient (Wildman–Crippen LogP) is 3.03. The lowest BCUT2D eigenvalue weighted by Gasteiger charge is -2.31. The lowest BCUT2D eigenvalue weighted by molar-refractivity contribution is 0.0692. The lowest BCUT2D eigenvalue weighted by atomic mass is 10.0. The van der Waals surface area contributed by atoms with Crippen molar-refractivity contribution in [2.24, 2.45) is 0 Å². The molecule has 1 aliphatic heterocycles. The first kappa shape index (κ1) is 14.9. The van der Waals surface area contributed by atoms with Crippen molar-refractivity contribution in [1.82, 2.24) is 4.90 Å². The van der Waals surface area contributed by atoms with E-state index in [9.17, 15) is 4.79 Å². The Labute approximate surface area is 120 Å². The standard InChI is InChI=1S/C16H23NO3/c1-16(2)9-5-10-17(16)11-6-12-20-14-8-4-3-7-13(14)15(18)19/h3-4,7-8H,5-6,9-12H2,1-2H3,(H,18,19). The summed E-state index contributed by atoms with van der Waals surface area (Å²) in [4.78, 5) is 13.5. The van der Waals surface area contributed by atoms with Crippen LogP contribution in [0.3, 0.4) is 0 Å². The van der Waals surface area contributed by atoms with Gasteiger partial charge in [0.05, 0.1) is 6.61 Å². The second kappa shape index (κ2) is 6.27. The Kier molecular flexibility index (Phi) is 4.65. The Morgan fingerprint density at radius 1 is 1.40 bits per heavy atom. The van der Waals surface area contributed by atoms with E-state index in [1.165, 1.54) is 12.8 Å². The minimum absolute atomic E-state index is 0.231. The maximum Gasteiger partial charge on any atom is 0.339 e. The van der Waals surface area contributed by atoms with Gasteiger partial charge in [-0.25, -0.2) is 4.79 Å². The van der Waals surface area contributed by atoms with E-state index in [0.717, 1.165) is 19.5 Å². The molecule has 0 atom stereocenters. The van der Waals surface area contributed by atoms with Crippen LogP contribution < -0.4 is 4.74 Å². The average molecular weight is 277 g/mol. The zero-order valence-corrected chi connectivity index (χ0v) is 12.3. The van der Waals surface area contributed by atoms with Crippen LogP contribution in [0.1, 0.15) is 43.5 Å². The molecule has 1 heterocycles. The van der Waals surface area contributed by atoms with Gasteiger partial charge in [-0.1, -0.05) is 12.1 Å². The molecule has 0 unspecified atom stereocenters. The molecule has 1 N–H and O–H groups in total. The van der Waals surface area contributed by atoms with Crippen LogP contribution >= 0.6 is 0 Å². The van der Waals surface area contributed by atoms with Gasteiger partial charge in [-0.05, 0) is 51.8 Å². The first-order valence-electron chi connectivity index (χ1n) is 7.21. The third-order valence-electron chi connectivity index (χ3n) is 4.02. The van der Waals surface area contributed by atoms with Crippen molar-refractivity contribution in [3.05, 3.63) is 29.8 Å². The molecule has 0 aliphatic carbocycles. The van der Waals surface area contributed by atoms with Gasteiger partial charge < -0.3 is 9.84 Å². The Bertz CT molecular complexity index is 471. The van der Waals surface area contributed by atoms with Crippen molar-refractivity contribution in [3.63, 3.8) is 0 Å². The maximum atomic E-state index is 11.1. The molecule has 1 aromatic rings. The van der Waals surface area contributed by atoms with E-state index in [4.69, 9.17) is 9.84 Å². The molecule has 0 bridgehead atoms. The first-order chi connectivity index (χ1) is 9.50. The number of nitrogens with zero attached hydrogens (tertiary/aromatic N) is 1. The molecule has 110 valence electrons. The molecule has 1 aliphatic rings. The van der Waals surface area contributed by atoms with Gasteiger partial charge in [0.25, 0.3) is 0 Å². The average Bonchev–Trinajstić information content (AvgIpc) is 2.74. The number of carboxylic acid groups (broad SMARTS) is 1. The summed E-state index contributed by atoms with van der Waals surface area (Å²) in [5.74, 6) is -0.484. The third-order valence-corrected chi connectivity index (χ3v) is 4.02. The van der Waals surface area contributed by atoms with Crippen molar-refractivity contribution < 1.29 is 14.6 Å². The number of para-hydroxylation sites is 1. The van der Waals surface area contributed by atoms with Gasteiger partial charge in [-0.15, -0.1) is 0 Å². The van der Waals surface area contributed by atoms with Crippen LogP contribution in [0.25, 0.3) is 0 Å². The van der Waals surface area contributed by atoms with Gasteiger partial charge >= 0.3 is 5.97 Å². The Balaban J connectivity index is 1.81. The number of hydrogen-bond donors (Lipinski definition) is 1. The molecule has 0 amide bonds. The van der Waals surface area contributed by atoms with Gasteiger partial charge in [0, 0.05) is 12.1 Å². The molecule has 2 rings (SSSR count). The first-order valence-corrected chi connectivity index (χ1v) is 7.21. The zero-order valence-electron chi connectivity index (χ0n) is 12.3. The second-order valence-corrected chi connectivity index (χ2v) is 5.91. The maximum absolute atomic E-state index is 11.1. The van der Waals surface area contributed by atoms with Crippen molar-refractivity contribution in [2.45, 2.75) is 38.6 Å². The van der Waals surface area contributed by atoms with Crippen molar-refractivity contribution in [3.8, 4) is 5.75 Å². The number of aromatic carboxylic acids is 1. The molecule has 0 aromatic heterocycles. The summed E-state index contributed by atoms with van der Waals surface area (Å²) >= 11 is 0. The van der Waals surface area contributed by atoms with E-state index in [-0.39, 0.29) is 5.56 Å². The molecular weight excluding hydrogens is 254 g/mol. The predicted molar refractivity (Wildman–Crippen MR) is 78.4 cm³/mol. The number of carboxylic acids is 1. The Hall–Kier alpha value is -1.55. The van der Waals surface area contributed by atoms with Crippen molar-refractivity contribution >= 4 is 5.97 Å². The van der Waals surface area contributed by atoms with Crippen molar-refractivity contribution in [2.75, 3.05) is 19.7 Å². The van der Waals surface area contributed by atoms with Crippen LogP contribution in [-0.2, 0) is 0 Å². The minimum Gasteiger partial charge on any atom is -0.493 e. The van der Waals surface area contributed by atoms with Gasteiger partial charge in [0.2, 0.25) is 0 Å². The molecular formula is C16H23NO3. The normalized spacial score (nSPS) is 18.1. The summed E-state index contributed by atoms with van der Waals surface area (Å²) in [6, 6.07) is 6.79. The molecule has 0 saturated carbocycles. The summed E-state index contributed by atoms with van der Waals surface area (Å²) in [6.45, 7) is 7.26. The fraction of sp³-hybridized carbons (Fsp3) is 0.562. The van der Waals surface area contributed by atoms with Crippen molar-refractivity contribution in [1.29, 1.82) is 0 Å². The van der Waals surface area contributed by atoms with Gasteiger partial charge in [0.1, 0.15) is 11.3 Å². The summed E-state index contributed by atoms with van der Waals surface area (Å²) < 4.78 is 5.62. The molecule has 4 heteroatoms. The van der Waals surface area contributed by atoms with Crippen LogP contribution in [-0.4, -0.2) is 41.2 Å². The topological polar surface area (TPSA) is 49.8 Å². The van der Waals surface area contributed by atoms with Crippen LogP contribution in [0.4, 0.5) is 0 Å². The van der Waals surface area contributed by atoms with Crippen LogP contribution in [0, 0.1) is 0 Å². The fourth-order valence-corrected chi connectivity index (χ4v) is 2.78. The van der Waals surface area contributed by atoms with Crippen LogP contribution in [0.5, 0.6) is 5.75 Å². The van der Waals surface area contributed by atoms with Crippen LogP contribution in [0.2, 0.25) is 0 Å². The number of hydrogen-bond acceptors (Lipinski definition) is 3. The number of benzene rings is 1. The van der Waals surface area contributed by atoms with E-state index in [2.05, 4.69) is 18.7 Å². The van der Waals surface area contributed by atoms with Gasteiger partial charge in [-0.2, -0.15) is 0 Å². The number of likely N-dealkylation sites (tertiary alicyclic amines) is 1. The largest absolute Gasteiger partial charge is 0.493 e. The third kappa shape index (κ3) is 3.51. The van der Waals surface area contributed by atoms with E-state index in [1.807, 2.05) is 0 Å². The van der Waals surface area contributed by atoms with E-state index >= 15 is 0 Å². The quantitative estimate of drug-likeness (QED) is 0.812. The molecule has 1 aromatic carbocycles. The summed E-state index contributed by atoms with van der Waals surface area (Å²) in [5.41, 5.74) is 0.521. The molecule has 20 heavy (non-hydrogen) atoms. The highest BCUT2D eigenvalue weighted by molar-refractivity contribution is 5.90. The summed E-state index contributed by atoms with van der Waals surface area (Å²) in [5, 5.41) is 9.08. The van der Waals surface area contributed by atoms with E-state index in [1.54, 1.807) is 24.3 Å². The summed E-state index contributed by atoms with van der Waals surface area (Å²) in [7, 11) is 0. The van der Waals surface area contributed by atoms with E-state index in [0.29, 0.717) is 17.9 Å². The minimum atomic E-state index is -0.943. The molecule has 4 nitrogen and oxygen atoms in total. The summed E-state index contributed by atoms with van der Waals surface area (Å²) in [6.07, 6.45) is 3.42. The highest BCUT2D eigenvalue weighted by Crippen LogP contribution is 2.28. The highest BCUT2D eigenvalue weighted by atomic mass is 16.5. The second-order valence-electron chi connectivity index (χ2n) is 5.91.